The number of fused-ring (bicyclic) bond motifs is 1. The number of urea groups is 1. The number of carbonyl (C=O) groups is 2. The van der Waals surface area contributed by atoms with E-state index in [1.807, 2.05) is 28.6 Å². The number of carbonyl (C=O) groups excluding carboxylic acids is 2. The van der Waals surface area contributed by atoms with Gasteiger partial charge in [0.05, 0.1) is 13.0 Å². The molecule has 2 amide bonds. The Morgan fingerprint density at radius 1 is 1.33 bits per heavy atom. The number of thiophene rings is 1. The SMILES string of the molecule is CCOC(=O)CCNC(=O)N1CCn2cccc2[C@@H]1c1cccs1. The molecular formula is C17H21N3O3S. The molecule has 0 aliphatic carbocycles. The largest absolute Gasteiger partial charge is 0.466 e. The van der Waals surface area contributed by atoms with Crippen molar-refractivity contribution in [2.24, 2.45) is 0 Å². The summed E-state index contributed by atoms with van der Waals surface area (Å²) in [5, 5.41) is 4.86. The van der Waals surface area contributed by atoms with E-state index in [2.05, 4.69) is 22.0 Å². The molecule has 1 aliphatic heterocycles. The van der Waals surface area contributed by atoms with Gasteiger partial charge in [-0.1, -0.05) is 6.07 Å². The van der Waals surface area contributed by atoms with Crippen LogP contribution in [0.4, 0.5) is 4.79 Å². The van der Waals surface area contributed by atoms with Gasteiger partial charge in [-0.05, 0) is 30.5 Å². The lowest BCUT2D eigenvalue weighted by atomic mass is 10.1. The van der Waals surface area contributed by atoms with Crippen LogP contribution in [0.2, 0.25) is 0 Å². The van der Waals surface area contributed by atoms with Crippen LogP contribution in [0.25, 0.3) is 0 Å². The average molecular weight is 347 g/mol. The molecule has 0 bridgehead atoms. The minimum absolute atomic E-state index is 0.0867. The maximum absolute atomic E-state index is 12.6. The second kappa shape index (κ2) is 7.53. The zero-order chi connectivity index (χ0) is 16.9. The first kappa shape index (κ1) is 16.6. The fourth-order valence-corrected chi connectivity index (χ4v) is 3.80. The second-order valence-corrected chi connectivity index (χ2v) is 6.50. The number of ether oxygens (including phenoxy) is 1. The monoisotopic (exact) mass is 347 g/mol. The lowest BCUT2D eigenvalue weighted by molar-refractivity contribution is -0.142. The molecule has 0 saturated carbocycles. The number of nitrogens with zero attached hydrogens (tertiary/aromatic N) is 2. The molecule has 24 heavy (non-hydrogen) atoms. The molecule has 0 unspecified atom stereocenters. The van der Waals surface area contributed by atoms with Crippen LogP contribution in [-0.2, 0) is 16.1 Å². The van der Waals surface area contributed by atoms with Crippen LogP contribution in [0, 0.1) is 0 Å². The number of hydrogen-bond donors (Lipinski definition) is 1. The molecule has 1 atom stereocenters. The predicted octanol–water partition coefficient (Wildman–Crippen LogP) is 2.62. The standard InChI is InChI=1S/C17H21N3O3S/c1-2-23-15(21)7-8-18-17(22)20-11-10-19-9-3-5-13(19)16(20)14-6-4-12-24-14/h3-6,9,12,16H,2,7-8,10-11H2,1H3,(H,18,22)/t16-/m1/s1. The third-order valence-electron chi connectivity index (χ3n) is 4.02. The van der Waals surface area contributed by atoms with Crippen LogP contribution in [0.3, 0.4) is 0 Å². The third kappa shape index (κ3) is 3.46. The van der Waals surface area contributed by atoms with Crippen LogP contribution in [-0.4, -0.2) is 41.2 Å². The fourth-order valence-electron chi connectivity index (χ4n) is 2.95. The smallest absolute Gasteiger partial charge is 0.318 e. The molecule has 0 fully saturated rings. The summed E-state index contributed by atoms with van der Waals surface area (Å²) in [7, 11) is 0. The summed E-state index contributed by atoms with van der Waals surface area (Å²) in [4.78, 5) is 27.0. The predicted molar refractivity (Wildman–Crippen MR) is 91.9 cm³/mol. The topological polar surface area (TPSA) is 63.6 Å². The van der Waals surface area contributed by atoms with E-state index in [9.17, 15) is 9.59 Å². The molecule has 3 heterocycles. The molecule has 6 nitrogen and oxygen atoms in total. The van der Waals surface area contributed by atoms with Crippen molar-refractivity contribution < 1.29 is 14.3 Å². The van der Waals surface area contributed by atoms with E-state index >= 15 is 0 Å². The Kier molecular flexibility index (Phi) is 5.20. The van der Waals surface area contributed by atoms with Crippen molar-refractivity contribution in [2.75, 3.05) is 19.7 Å². The minimum atomic E-state index is -0.292. The maximum Gasteiger partial charge on any atom is 0.318 e. The van der Waals surface area contributed by atoms with Crippen LogP contribution in [0.15, 0.2) is 35.8 Å². The Morgan fingerprint density at radius 2 is 2.21 bits per heavy atom. The van der Waals surface area contributed by atoms with Crippen LogP contribution >= 0.6 is 11.3 Å². The zero-order valence-corrected chi connectivity index (χ0v) is 14.4. The van der Waals surface area contributed by atoms with Gasteiger partial charge in [-0.3, -0.25) is 4.79 Å². The summed E-state index contributed by atoms with van der Waals surface area (Å²) < 4.78 is 7.07. The van der Waals surface area contributed by atoms with Crippen molar-refractivity contribution >= 4 is 23.3 Å². The molecule has 1 N–H and O–H groups in total. The Bertz CT molecular complexity index is 696. The number of rotatable bonds is 5. The molecule has 0 saturated heterocycles. The molecule has 7 heteroatoms. The van der Waals surface area contributed by atoms with Gasteiger partial charge in [-0.2, -0.15) is 0 Å². The van der Waals surface area contributed by atoms with Crippen LogP contribution in [0.5, 0.6) is 0 Å². The Hall–Kier alpha value is -2.28. The van der Waals surface area contributed by atoms with Gasteiger partial charge in [0, 0.05) is 36.4 Å². The van der Waals surface area contributed by atoms with E-state index in [0.29, 0.717) is 13.2 Å². The quantitative estimate of drug-likeness (QED) is 0.846. The highest BCUT2D eigenvalue weighted by atomic mass is 32.1. The normalized spacial score (nSPS) is 16.5. The molecule has 0 spiro atoms. The molecule has 1 aliphatic rings. The summed E-state index contributed by atoms with van der Waals surface area (Å²) in [5.74, 6) is -0.292. The van der Waals surface area contributed by atoms with Gasteiger partial charge >= 0.3 is 12.0 Å². The van der Waals surface area contributed by atoms with Gasteiger partial charge in [-0.15, -0.1) is 11.3 Å². The highest BCUT2D eigenvalue weighted by molar-refractivity contribution is 7.10. The lowest BCUT2D eigenvalue weighted by Gasteiger charge is -2.36. The van der Waals surface area contributed by atoms with E-state index in [-0.39, 0.29) is 31.0 Å². The number of nitrogens with one attached hydrogen (secondary N) is 1. The zero-order valence-electron chi connectivity index (χ0n) is 13.6. The summed E-state index contributed by atoms with van der Waals surface area (Å²) in [6.07, 6.45) is 2.24. The summed E-state index contributed by atoms with van der Waals surface area (Å²) in [5.41, 5.74) is 1.12. The third-order valence-corrected chi connectivity index (χ3v) is 4.95. The van der Waals surface area contributed by atoms with E-state index in [1.54, 1.807) is 18.3 Å². The molecular weight excluding hydrogens is 326 g/mol. The van der Waals surface area contributed by atoms with Gasteiger partial charge in [0.1, 0.15) is 6.04 Å². The Morgan fingerprint density at radius 3 is 2.96 bits per heavy atom. The van der Waals surface area contributed by atoms with Crippen LogP contribution in [0.1, 0.15) is 30.0 Å². The van der Waals surface area contributed by atoms with Crippen molar-refractivity contribution in [3.63, 3.8) is 0 Å². The Balaban J connectivity index is 1.70. The lowest BCUT2D eigenvalue weighted by Crippen LogP contribution is -2.47. The highest BCUT2D eigenvalue weighted by Crippen LogP contribution is 2.34. The molecule has 2 aromatic heterocycles. The highest BCUT2D eigenvalue weighted by Gasteiger charge is 2.32. The van der Waals surface area contributed by atoms with Gasteiger partial charge < -0.3 is 19.5 Å². The maximum atomic E-state index is 12.6. The van der Waals surface area contributed by atoms with Crippen molar-refractivity contribution in [1.82, 2.24) is 14.8 Å². The molecule has 128 valence electrons. The molecule has 2 aromatic rings. The van der Waals surface area contributed by atoms with Crippen molar-refractivity contribution in [3.8, 4) is 0 Å². The summed E-state index contributed by atoms with van der Waals surface area (Å²) >= 11 is 1.64. The van der Waals surface area contributed by atoms with Crippen molar-refractivity contribution in [2.45, 2.75) is 25.9 Å². The number of aromatic nitrogens is 1. The van der Waals surface area contributed by atoms with Gasteiger partial charge in [0.25, 0.3) is 0 Å². The van der Waals surface area contributed by atoms with E-state index in [0.717, 1.165) is 17.1 Å². The fraction of sp³-hybridized carbons (Fsp3) is 0.412. The van der Waals surface area contributed by atoms with Crippen molar-refractivity contribution in [1.29, 1.82) is 0 Å². The first-order valence-electron chi connectivity index (χ1n) is 8.09. The first-order chi connectivity index (χ1) is 11.7. The Labute approximate surface area is 145 Å². The number of hydrogen-bond acceptors (Lipinski definition) is 4. The average Bonchev–Trinajstić information content (AvgIpc) is 3.25. The van der Waals surface area contributed by atoms with Crippen LogP contribution < -0.4 is 5.32 Å². The van der Waals surface area contributed by atoms with E-state index < -0.39 is 0 Å². The first-order valence-corrected chi connectivity index (χ1v) is 8.97. The van der Waals surface area contributed by atoms with Gasteiger partial charge in [0.15, 0.2) is 0 Å². The number of amides is 2. The summed E-state index contributed by atoms with van der Waals surface area (Å²) in [6, 6.07) is 7.89. The van der Waals surface area contributed by atoms with Gasteiger partial charge in [-0.25, -0.2) is 4.79 Å². The molecule has 0 radical (unpaired) electrons. The van der Waals surface area contributed by atoms with Crippen molar-refractivity contribution in [3.05, 3.63) is 46.4 Å². The number of esters is 1. The van der Waals surface area contributed by atoms with E-state index in [4.69, 9.17) is 4.74 Å². The summed E-state index contributed by atoms with van der Waals surface area (Å²) in [6.45, 7) is 3.82. The molecule has 3 rings (SSSR count). The minimum Gasteiger partial charge on any atom is -0.466 e. The van der Waals surface area contributed by atoms with E-state index in [1.165, 1.54) is 0 Å². The van der Waals surface area contributed by atoms with Gasteiger partial charge in [0.2, 0.25) is 0 Å². The molecule has 0 aromatic carbocycles. The second-order valence-electron chi connectivity index (χ2n) is 5.52.